The number of carboxylic acid groups (broad SMARTS) is 1. The van der Waals surface area contributed by atoms with Crippen molar-refractivity contribution in [3.8, 4) is 0 Å². The second-order valence-corrected chi connectivity index (χ2v) is 6.20. The molecule has 2 saturated heterocycles. The molecule has 3 rings (SSSR count). The van der Waals surface area contributed by atoms with Crippen LogP contribution in [0.1, 0.15) is 16.9 Å². The molecule has 1 amide bonds. The monoisotopic (exact) mass is 339 g/mol. The van der Waals surface area contributed by atoms with E-state index in [1.807, 2.05) is 29.9 Å². The third-order valence-electron chi connectivity index (χ3n) is 4.40. The summed E-state index contributed by atoms with van der Waals surface area (Å²) in [6.45, 7) is 4.55. The highest BCUT2D eigenvalue weighted by Crippen LogP contribution is 2.24. The number of nitrogens with zero attached hydrogens (tertiary/aromatic N) is 3. The summed E-state index contributed by atoms with van der Waals surface area (Å²) in [4.78, 5) is 24.8. The highest BCUT2D eigenvalue weighted by Gasteiger charge is 2.40. The third-order valence-corrected chi connectivity index (χ3v) is 4.40. The standard InChI is InChI=1S/C15H23N3O3.CH2O2/c1-16-5-2-3-13(16)14(19)18-6-4-15(20,12-18)11-17-7-9-21-10-8-17;2-1-3/h2-3,5,20H,4,6-12H2,1H3;1H,(H,2,3). The molecule has 24 heavy (non-hydrogen) atoms. The summed E-state index contributed by atoms with van der Waals surface area (Å²) in [5, 5.41) is 17.6. The maximum Gasteiger partial charge on any atom is 0.290 e. The predicted molar refractivity (Wildman–Crippen MR) is 86.8 cm³/mol. The summed E-state index contributed by atoms with van der Waals surface area (Å²) in [7, 11) is 1.86. The Morgan fingerprint density at radius 3 is 2.62 bits per heavy atom. The summed E-state index contributed by atoms with van der Waals surface area (Å²) < 4.78 is 7.15. The first-order valence-corrected chi connectivity index (χ1v) is 8.00. The molecular formula is C16H25N3O5. The molecule has 0 spiro atoms. The molecule has 0 bridgehead atoms. The van der Waals surface area contributed by atoms with Gasteiger partial charge in [0.15, 0.2) is 0 Å². The fraction of sp³-hybridized carbons (Fsp3) is 0.625. The van der Waals surface area contributed by atoms with Crippen molar-refractivity contribution >= 4 is 12.4 Å². The van der Waals surface area contributed by atoms with E-state index in [1.54, 1.807) is 4.90 Å². The number of β-amino-alcohol motifs (C(OH)–C–C–N with tert-alkyl or cyclic N) is 1. The number of carbonyl (C=O) groups is 2. The Morgan fingerprint density at radius 1 is 1.38 bits per heavy atom. The zero-order valence-corrected chi connectivity index (χ0v) is 13.9. The van der Waals surface area contributed by atoms with Crippen LogP contribution in [-0.4, -0.2) is 88.5 Å². The topological polar surface area (TPSA) is 95.2 Å². The molecule has 1 aromatic rings. The number of aromatic nitrogens is 1. The number of aryl methyl sites for hydroxylation is 1. The van der Waals surface area contributed by atoms with Crippen LogP contribution in [0.4, 0.5) is 0 Å². The fourth-order valence-electron chi connectivity index (χ4n) is 3.18. The van der Waals surface area contributed by atoms with Crippen molar-refractivity contribution in [3.63, 3.8) is 0 Å². The molecule has 1 atom stereocenters. The number of aliphatic hydroxyl groups is 1. The van der Waals surface area contributed by atoms with Gasteiger partial charge in [-0.2, -0.15) is 0 Å². The maximum atomic E-state index is 12.5. The predicted octanol–water partition coefficient (Wildman–Crippen LogP) is -0.365. The van der Waals surface area contributed by atoms with Crippen LogP contribution in [0.2, 0.25) is 0 Å². The minimum absolute atomic E-state index is 0.000373. The van der Waals surface area contributed by atoms with Gasteiger partial charge in [-0.1, -0.05) is 0 Å². The fourth-order valence-corrected chi connectivity index (χ4v) is 3.18. The average molecular weight is 339 g/mol. The number of hydrogen-bond acceptors (Lipinski definition) is 5. The third kappa shape index (κ3) is 4.56. The second-order valence-electron chi connectivity index (χ2n) is 6.20. The zero-order valence-electron chi connectivity index (χ0n) is 13.9. The quantitative estimate of drug-likeness (QED) is 0.730. The Hall–Kier alpha value is -1.90. The van der Waals surface area contributed by atoms with Gasteiger partial charge in [0.1, 0.15) is 5.69 Å². The van der Waals surface area contributed by atoms with Gasteiger partial charge in [-0.3, -0.25) is 14.5 Å². The minimum atomic E-state index is -0.793. The molecule has 3 heterocycles. The van der Waals surface area contributed by atoms with Crippen molar-refractivity contribution < 1.29 is 24.5 Å². The van der Waals surface area contributed by atoms with E-state index < -0.39 is 5.60 Å². The smallest absolute Gasteiger partial charge is 0.290 e. The Labute approximate surface area is 141 Å². The van der Waals surface area contributed by atoms with Gasteiger partial charge in [0.25, 0.3) is 12.4 Å². The largest absolute Gasteiger partial charge is 0.483 e. The van der Waals surface area contributed by atoms with Crippen LogP contribution in [0.5, 0.6) is 0 Å². The zero-order chi connectivity index (χ0) is 17.6. The summed E-state index contributed by atoms with van der Waals surface area (Å²) >= 11 is 0. The maximum absolute atomic E-state index is 12.5. The van der Waals surface area contributed by atoms with Crippen molar-refractivity contribution in [3.05, 3.63) is 24.0 Å². The number of amides is 1. The van der Waals surface area contributed by atoms with Crippen molar-refractivity contribution in [2.45, 2.75) is 12.0 Å². The van der Waals surface area contributed by atoms with Crippen molar-refractivity contribution in [2.24, 2.45) is 7.05 Å². The Balaban J connectivity index is 0.000000647. The van der Waals surface area contributed by atoms with E-state index in [4.69, 9.17) is 14.6 Å². The molecule has 134 valence electrons. The van der Waals surface area contributed by atoms with Crippen LogP contribution in [-0.2, 0) is 16.6 Å². The number of ether oxygens (including phenoxy) is 1. The van der Waals surface area contributed by atoms with Crippen LogP contribution >= 0.6 is 0 Å². The average Bonchev–Trinajstić information content (AvgIpc) is 3.15. The molecule has 0 aromatic carbocycles. The first-order chi connectivity index (χ1) is 11.5. The number of hydrogen-bond donors (Lipinski definition) is 2. The lowest BCUT2D eigenvalue weighted by Crippen LogP contribution is -2.49. The second kappa shape index (κ2) is 8.27. The molecule has 1 aromatic heterocycles. The van der Waals surface area contributed by atoms with Crippen LogP contribution < -0.4 is 0 Å². The number of morpholine rings is 1. The lowest BCUT2D eigenvalue weighted by atomic mass is 10.0. The van der Waals surface area contributed by atoms with E-state index in [2.05, 4.69) is 4.90 Å². The molecule has 8 nitrogen and oxygen atoms in total. The summed E-state index contributed by atoms with van der Waals surface area (Å²) in [5.41, 5.74) is -0.122. The van der Waals surface area contributed by atoms with Gasteiger partial charge >= 0.3 is 0 Å². The normalized spacial score (nSPS) is 24.3. The number of likely N-dealkylation sites (tertiary alicyclic amines) is 1. The highest BCUT2D eigenvalue weighted by atomic mass is 16.5. The molecule has 2 aliphatic heterocycles. The van der Waals surface area contributed by atoms with Crippen molar-refractivity contribution in [1.82, 2.24) is 14.4 Å². The molecule has 1 unspecified atom stereocenters. The van der Waals surface area contributed by atoms with Gasteiger partial charge in [-0.15, -0.1) is 0 Å². The van der Waals surface area contributed by atoms with Crippen LogP contribution in [0, 0.1) is 0 Å². The lowest BCUT2D eigenvalue weighted by molar-refractivity contribution is -0.122. The van der Waals surface area contributed by atoms with E-state index in [-0.39, 0.29) is 12.4 Å². The van der Waals surface area contributed by atoms with E-state index in [0.29, 0.717) is 31.7 Å². The Morgan fingerprint density at radius 2 is 2.04 bits per heavy atom. The summed E-state index contributed by atoms with van der Waals surface area (Å²) in [5.74, 6) is 0.000373. The molecular weight excluding hydrogens is 314 g/mol. The van der Waals surface area contributed by atoms with Crippen LogP contribution in [0.15, 0.2) is 18.3 Å². The first-order valence-electron chi connectivity index (χ1n) is 8.00. The van der Waals surface area contributed by atoms with Gasteiger partial charge in [-0.05, 0) is 18.6 Å². The SMILES string of the molecule is Cn1cccc1C(=O)N1CCC(O)(CN2CCOCC2)C1.O=CO. The minimum Gasteiger partial charge on any atom is -0.483 e. The number of carbonyl (C=O) groups excluding carboxylic acids is 1. The highest BCUT2D eigenvalue weighted by molar-refractivity contribution is 5.93. The molecule has 8 heteroatoms. The molecule has 2 fully saturated rings. The van der Waals surface area contributed by atoms with Gasteiger partial charge in [-0.25, -0.2) is 0 Å². The lowest BCUT2D eigenvalue weighted by Gasteiger charge is -2.33. The van der Waals surface area contributed by atoms with Gasteiger partial charge in [0.2, 0.25) is 0 Å². The van der Waals surface area contributed by atoms with Crippen LogP contribution in [0.3, 0.4) is 0 Å². The van der Waals surface area contributed by atoms with E-state index in [1.165, 1.54) is 0 Å². The van der Waals surface area contributed by atoms with Gasteiger partial charge in [0.05, 0.1) is 25.4 Å². The molecule has 0 radical (unpaired) electrons. The Kier molecular flexibility index (Phi) is 6.36. The molecule has 2 aliphatic rings. The van der Waals surface area contributed by atoms with Crippen molar-refractivity contribution in [2.75, 3.05) is 45.9 Å². The van der Waals surface area contributed by atoms with Crippen LogP contribution in [0.25, 0.3) is 0 Å². The van der Waals surface area contributed by atoms with E-state index in [0.717, 1.165) is 26.3 Å². The molecule has 0 aliphatic carbocycles. The van der Waals surface area contributed by atoms with Gasteiger partial charge in [0, 0.05) is 39.4 Å². The van der Waals surface area contributed by atoms with Crippen molar-refractivity contribution in [1.29, 1.82) is 0 Å². The first kappa shape index (κ1) is 18.4. The molecule has 2 N–H and O–H groups in total. The Bertz CT molecular complexity index is 556. The summed E-state index contributed by atoms with van der Waals surface area (Å²) in [6.07, 6.45) is 2.50. The molecule has 0 saturated carbocycles. The van der Waals surface area contributed by atoms with E-state index in [9.17, 15) is 9.90 Å². The number of rotatable bonds is 3. The van der Waals surface area contributed by atoms with E-state index >= 15 is 0 Å². The summed E-state index contributed by atoms with van der Waals surface area (Å²) in [6, 6.07) is 3.69. The van der Waals surface area contributed by atoms with Gasteiger partial charge < -0.3 is 24.4 Å².